The van der Waals surface area contributed by atoms with Crippen molar-refractivity contribution in [1.82, 2.24) is 5.32 Å². The molecule has 1 aromatic rings. The molecule has 3 rings (SSSR count). The fourth-order valence-electron chi connectivity index (χ4n) is 3.46. The summed E-state index contributed by atoms with van der Waals surface area (Å²) < 4.78 is 18.4. The molecule has 1 saturated heterocycles. The lowest BCUT2D eigenvalue weighted by atomic mass is 9.75. The third kappa shape index (κ3) is 3.44. The number of nitrogens with one attached hydrogen (secondary N) is 1. The first kappa shape index (κ1) is 14.9. The number of benzene rings is 1. The SMILES string of the molecule is OCC[C@@]1(CNC2CC(c3ccc(F)cc3)C2)CCOC1. The number of aliphatic hydroxyl groups is 1. The maximum atomic E-state index is 12.9. The second-order valence-corrected chi connectivity index (χ2v) is 6.57. The molecule has 3 nitrogen and oxygen atoms in total. The van der Waals surface area contributed by atoms with E-state index in [-0.39, 0.29) is 17.8 Å². The van der Waals surface area contributed by atoms with Gasteiger partial charge in [0.15, 0.2) is 0 Å². The van der Waals surface area contributed by atoms with Crippen LogP contribution in [0.3, 0.4) is 0 Å². The molecule has 116 valence electrons. The summed E-state index contributed by atoms with van der Waals surface area (Å²) in [6.45, 7) is 2.72. The van der Waals surface area contributed by atoms with E-state index in [0.717, 1.165) is 45.4 Å². The van der Waals surface area contributed by atoms with Gasteiger partial charge < -0.3 is 15.2 Å². The van der Waals surface area contributed by atoms with Gasteiger partial charge >= 0.3 is 0 Å². The Kier molecular flexibility index (Phi) is 4.57. The van der Waals surface area contributed by atoms with Crippen LogP contribution >= 0.6 is 0 Å². The van der Waals surface area contributed by atoms with Crippen LogP contribution in [0.2, 0.25) is 0 Å². The lowest BCUT2D eigenvalue weighted by Crippen LogP contribution is -2.46. The molecular formula is C17H24FNO2. The van der Waals surface area contributed by atoms with Crippen LogP contribution in [-0.4, -0.2) is 37.5 Å². The lowest BCUT2D eigenvalue weighted by Gasteiger charge is -2.39. The van der Waals surface area contributed by atoms with Crippen molar-refractivity contribution in [1.29, 1.82) is 0 Å². The van der Waals surface area contributed by atoms with E-state index in [9.17, 15) is 9.50 Å². The van der Waals surface area contributed by atoms with Crippen LogP contribution < -0.4 is 5.32 Å². The summed E-state index contributed by atoms with van der Waals surface area (Å²) in [5, 5.41) is 12.9. The van der Waals surface area contributed by atoms with Crippen molar-refractivity contribution in [3.05, 3.63) is 35.6 Å². The monoisotopic (exact) mass is 293 g/mol. The van der Waals surface area contributed by atoms with Crippen molar-refractivity contribution >= 4 is 0 Å². The number of rotatable bonds is 6. The molecule has 0 aromatic heterocycles. The normalized spacial score (nSPS) is 32.1. The van der Waals surface area contributed by atoms with E-state index < -0.39 is 0 Å². The van der Waals surface area contributed by atoms with Gasteiger partial charge in [-0.1, -0.05) is 12.1 Å². The smallest absolute Gasteiger partial charge is 0.123 e. The Balaban J connectivity index is 1.45. The van der Waals surface area contributed by atoms with Crippen LogP contribution in [-0.2, 0) is 4.74 Å². The minimum absolute atomic E-state index is 0.121. The average molecular weight is 293 g/mol. The minimum atomic E-state index is -0.167. The van der Waals surface area contributed by atoms with E-state index in [0.29, 0.717) is 12.0 Å². The largest absolute Gasteiger partial charge is 0.396 e. The Morgan fingerprint density at radius 1 is 1.29 bits per heavy atom. The van der Waals surface area contributed by atoms with Gasteiger partial charge in [-0.25, -0.2) is 4.39 Å². The highest BCUT2D eigenvalue weighted by Crippen LogP contribution is 2.38. The molecule has 0 amide bonds. The molecule has 0 radical (unpaired) electrons. The second-order valence-electron chi connectivity index (χ2n) is 6.57. The van der Waals surface area contributed by atoms with Crippen molar-refractivity contribution in [2.45, 2.75) is 37.6 Å². The molecule has 2 N–H and O–H groups in total. The first-order chi connectivity index (χ1) is 10.2. The first-order valence-corrected chi connectivity index (χ1v) is 7.88. The van der Waals surface area contributed by atoms with Crippen molar-refractivity contribution in [3.8, 4) is 0 Å². The van der Waals surface area contributed by atoms with Crippen LogP contribution in [0.25, 0.3) is 0 Å². The van der Waals surface area contributed by atoms with E-state index in [1.54, 1.807) is 12.1 Å². The van der Waals surface area contributed by atoms with E-state index in [4.69, 9.17) is 4.74 Å². The number of hydrogen-bond acceptors (Lipinski definition) is 3. The molecule has 21 heavy (non-hydrogen) atoms. The van der Waals surface area contributed by atoms with Crippen molar-refractivity contribution < 1.29 is 14.2 Å². The van der Waals surface area contributed by atoms with E-state index in [2.05, 4.69) is 5.32 Å². The van der Waals surface area contributed by atoms with Crippen LogP contribution in [0, 0.1) is 11.2 Å². The van der Waals surface area contributed by atoms with Gasteiger partial charge in [0.25, 0.3) is 0 Å². The zero-order chi connectivity index (χ0) is 14.7. The van der Waals surface area contributed by atoms with Crippen LogP contribution in [0.1, 0.15) is 37.2 Å². The molecule has 1 aromatic carbocycles. The molecule has 1 aliphatic heterocycles. The third-order valence-electron chi connectivity index (χ3n) is 5.07. The van der Waals surface area contributed by atoms with Crippen molar-refractivity contribution in [2.24, 2.45) is 5.41 Å². The van der Waals surface area contributed by atoms with Gasteiger partial charge in [-0.15, -0.1) is 0 Å². The summed E-state index contributed by atoms with van der Waals surface area (Å²) in [5.74, 6) is 0.386. The molecule has 0 bridgehead atoms. The van der Waals surface area contributed by atoms with Gasteiger partial charge in [0.1, 0.15) is 5.82 Å². The number of halogens is 1. The van der Waals surface area contributed by atoms with Crippen molar-refractivity contribution in [3.63, 3.8) is 0 Å². The quantitative estimate of drug-likeness (QED) is 0.846. The first-order valence-electron chi connectivity index (χ1n) is 7.88. The highest BCUT2D eigenvalue weighted by Gasteiger charge is 2.37. The summed E-state index contributed by atoms with van der Waals surface area (Å²) in [4.78, 5) is 0. The molecule has 2 aliphatic rings. The highest BCUT2D eigenvalue weighted by atomic mass is 19.1. The van der Waals surface area contributed by atoms with Gasteiger partial charge in [-0.05, 0) is 49.3 Å². The molecule has 0 unspecified atom stereocenters. The number of aliphatic hydroxyl groups excluding tert-OH is 1. The predicted molar refractivity (Wildman–Crippen MR) is 79.7 cm³/mol. The summed E-state index contributed by atoms with van der Waals surface area (Å²) in [7, 11) is 0. The minimum Gasteiger partial charge on any atom is -0.396 e. The molecule has 1 saturated carbocycles. The standard InChI is InChI=1S/C17H24FNO2/c18-15-3-1-13(2-4-15)14-9-16(10-14)19-11-17(5-7-20)6-8-21-12-17/h1-4,14,16,19-20H,5-12H2/t14?,16?,17-/m0/s1. The topological polar surface area (TPSA) is 41.5 Å². The van der Waals surface area contributed by atoms with Gasteiger partial charge in [0.05, 0.1) is 6.61 Å². The zero-order valence-corrected chi connectivity index (χ0v) is 12.4. The molecule has 0 spiro atoms. The van der Waals surface area contributed by atoms with E-state index in [1.165, 1.54) is 5.56 Å². The maximum Gasteiger partial charge on any atom is 0.123 e. The van der Waals surface area contributed by atoms with Gasteiger partial charge in [0.2, 0.25) is 0 Å². The second kappa shape index (κ2) is 6.42. The lowest BCUT2D eigenvalue weighted by molar-refractivity contribution is 0.116. The summed E-state index contributed by atoms with van der Waals surface area (Å²) >= 11 is 0. The fraction of sp³-hybridized carbons (Fsp3) is 0.647. The van der Waals surface area contributed by atoms with Gasteiger partial charge in [-0.3, -0.25) is 0 Å². The third-order valence-corrected chi connectivity index (χ3v) is 5.07. The Bertz CT molecular complexity index is 450. The summed E-state index contributed by atoms with van der Waals surface area (Å²) in [5.41, 5.74) is 1.36. The van der Waals surface area contributed by atoms with E-state index >= 15 is 0 Å². The molecule has 1 heterocycles. The van der Waals surface area contributed by atoms with Crippen LogP contribution in [0.15, 0.2) is 24.3 Å². The molecule has 4 heteroatoms. The number of ether oxygens (including phenoxy) is 1. The van der Waals surface area contributed by atoms with Gasteiger partial charge in [0, 0.05) is 31.2 Å². The summed E-state index contributed by atoms with van der Waals surface area (Å²) in [6.07, 6.45) is 4.08. The zero-order valence-electron chi connectivity index (χ0n) is 12.4. The van der Waals surface area contributed by atoms with Crippen LogP contribution in [0.5, 0.6) is 0 Å². The van der Waals surface area contributed by atoms with Crippen LogP contribution in [0.4, 0.5) is 4.39 Å². The Morgan fingerprint density at radius 2 is 2.05 bits per heavy atom. The van der Waals surface area contributed by atoms with E-state index in [1.807, 2.05) is 12.1 Å². The predicted octanol–water partition coefficient (Wildman–Crippen LogP) is 2.45. The average Bonchev–Trinajstić information content (AvgIpc) is 2.88. The molecule has 2 fully saturated rings. The van der Waals surface area contributed by atoms with Crippen molar-refractivity contribution in [2.75, 3.05) is 26.4 Å². The van der Waals surface area contributed by atoms with Gasteiger partial charge in [-0.2, -0.15) is 0 Å². The number of hydrogen-bond donors (Lipinski definition) is 2. The maximum absolute atomic E-state index is 12.9. The Morgan fingerprint density at radius 3 is 2.67 bits per heavy atom. The summed E-state index contributed by atoms with van der Waals surface area (Å²) in [6, 6.07) is 7.42. The fourth-order valence-corrected chi connectivity index (χ4v) is 3.46. The molecule has 1 aliphatic carbocycles. The highest BCUT2D eigenvalue weighted by molar-refractivity contribution is 5.23. The Labute approximate surface area is 125 Å². The molecular weight excluding hydrogens is 269 g/mol. The Hall–Kier alpha value is -0.970. The molecule has 1 atom stereocenters.